The fourth-order valence-corrected chi connectivity index (χ4v) is 1.03. The average Bonchev–Trinajstić information content (AvgIpc) is 2.16. The number of methoxy groups -OCH3 is 1. The van der Waals surface area contributed by atoms with Crippen LogP contribution in [-0.4, -0.2) is 13.7 Å². The average molecular weight is 176 g/mol. The first-order chi connectivity index (χ1) is 6.27. The zero-order chi connectivity index (χ0) is 9.68. The first kappa shape index (κ1) is 9.47. The Morgan fingerprint density at radius 2 is 2.23 bits per heavy atom. The molecule has 0 spiro atoms. The Balaban J connectivity index is 2.80. The van der Waals surface area contributed by atoms with Gasteiger partial charge in [0.2, 0.25) is 0 Å². The molecule has 0 aromatic heterocycles. The fraction of sp³-hybridized carbons (Fsp3) is 0.273. The van der Waals surface area contributed by atoms with Crippen molar-refractivity contribution in [3.63, 3.8) is 0 Å². The molecule has 0 heterocycles. The molecular formula is C11H12O2. The van der Waals surface area contributed by atoms with Crippen LogP contribution in [0.5, 0.6) is 11.5 Å². The van der Waals surface area contributed by atoms with Crippen LogP contribution < -0.4 is 9.47 Å². The molecule has 2 nitrogen and oxygen atoms in total. The van der Waals surface area contributed by atoms with Gasteiger partial charge < -0.3 is 9.47 Å². The first-order valence-corrected chi connectivity index (χ1v) is 3.99. The van der Waals surface area contributed by atoms with E-state index in [2.05, 4.69) is 5.92 Å². The van der Waals surface area contributed by atoms with Crippen LogP contribution in [0, 0.1) is 19.3 Å². The number of terminal acetylenes is 1. The minimum atomic E-state index is 0.299. The van der Waals surface area contributed by atoms with Crippen molar-refractivity contribution in [2.75, 3.05) is 13.7 Å². The normalized spacial score (nSPS) is 9.00. The third-order valence-corrected chi connectivity index (χ3v) is 1.69. The fourth-order valence-electron chi connectivity index (χ4n) is 1.03. The Kier molecular flexibility index (Phi) is 3.22. The smallest absolute Gasteiger partial charge is 0.148 e. The number of rotatable bonds is 3. The highest BCUT2D eigenvalue weighted by Crippen LogP contribution is 2.22. The maximum Gasteiger partial charge on any atom is 0.148 e. The molecule has 0 radical (unpaired) electrons. The van der Waals surface area contributed by atoms with Crippen molar-refractivity contribution in [1.29, 1.82) is 0 Å². The van der Waals surface area contributed by atoms with E-state index in [4.69, 9.17) is 15.9 Å². The first-order valence-electron chi connectivity index (χ1n) is 3.99. The van der Waals surface area contributed by atoms with Gasteiger partial charge in [0, 0.05) is 0 Å². The van der Waals surface area contributed by atoms with Gasteiger partial charge in [0.25, 0.3) is 0 Å². The minimum absolute atomic E-state index is 0.299. The SMILES string of the molecule is C#CCOc1ccc(OC)cc1C. The summed E-state index contributed by atoms with van der Waals surface area (Å²) in [6.07, 6.45) is 5.08. The van der Waals surface area contributed by atoms with Gasteiger partial charge in [-0.25, -0.2) is 0 Å². The second kappa shape index (κ2) is 4.42. The van der Waals surface area contributed by atoms with Crippen molar-refractivity contribution in [2.45, 2.75) is 6.92 Å². The molecule has 68 valence electrons. The van der Waals surface area contributed by atoms with E-state index in [0.717, 1.165) is 17.1 Å². The molecule has 0 bridgehead atoms. The summed E-state index contributed by atoms with van der Waals surface area (Å²) in [4.78, 5) is 0. The van der Waals surface area contributed by atoms with Crippen molar-refractivity contribution >= 4 is 0 Å². The molecule has 0 fully saturated rings. The predicted molar refractivity (Wildman–Crippen MR) is 52.1 cm³/mol. The van der Waals surface area contributed by atoms with Crippen LogP contribution in [0.3, 0.4) is 0 Å². The molecule has 0 saturated heterocycles. The van der Waals surface area contributed by atoms with Crippen molar-refractivity contribution in [1.82, 2.24) is 0 Å². The molecule has 0 aliphatic rings. The van der Waals surface area contributed by atoms with Gasteiger partial charge in [-0.1, -0.05) is 5.92 Å². The summed E-state index contributed by atoms with van der Waals surface area (Å²) in [7, 11) is 1.64. The van der Waals surface area contributed by atoms with Gasteiger partial charge in [0.05, 0.1) is 7.11 Å². The molecule has 2 heteroatoms. The molecule has 0 aliphatic carbocycles. The van der Waals surface area contributed by atoms with Crippen LogP contribution in [0.15, 0.2) is 18.2 Å². The van der Waals surface area contributed by atoms with E-state index in [1.165, 1.54) is 0 Å². The highest BCUT2D eigenvalue weighted by Gasteiger charge is 1.99. The lowest BCUT2D eigenvalue weighted by Crippen LogP contribution is -1.95. The van der Waals surface area contributed by atoms with Gasteiger partial charge in [-0.15, -0.1) is 6.42 Å². The minimum Gasteiger partial charge on any atom is -0.497 e. The van der Waals surface area contributed by atoms with Gasteiger partial charge >= 0.3 is 0 Å². The molecule has 0 N–H and O–H groups in total. The van der Waals surface area contributed by atoms with Gasteiger partial charge in [0.15, 0.2) is 0 Å². The standard InChI is InChI=1S/C11H12O2/c1-4-7-13-11-6-5-10(12-3)8-9(11)2/h1,5-6,8H,7H2,2-3H3. The molecule has 1 rings (SSSR count). The van der Waals surface area contributed by atoms with Crippen LogP contribution in [0.1, 0.15) is 5.56 Å². The maximum absolute atomic E-state index is 5.29. The zero-order valence-electron chi connectivity index (χ0n) is 7.83. The summed E-state index contributed by atoms with van der Waals surface area (Å²) in [5, 5.41) is 0. The third kappa shape index (κ3) is 2.41. The highest BCUT2D eigenvalue weighted by molar-refractivity contribution is 5.39. The Morgan fingerprint density at radius 3 is 2.77 bits per heavy atom. The lowest BCUT2D eigenvalue weighted by molar-refractivity contribution is 0.365. The Hall–Kier alpha value is -1.62. The third-order valence-electron chi connectivity index (χ3n) is 1.69. The summed E-state index contributed by atoms with van der Waals surface area (Å²) in [5.41, 5.74) is 1.02. The van der Waals surface area contributed by atoms with Crippen molar-refractivity contribution in [3.8, 4) is 23.8 Å². The van der Waals surface area contributed by atoms with Gasteiger partial charge in [-0.2, -0.15) is 0 Å². The van der Waals surface area contributed by atoms with Crippen molar-refractivity contribution in [2.24, 2.45) is 0 Å². The molecule has 13 heavy (non-hydrogen) atoms. The number of aryl methyl sites for hydroxylation is 1. The van der Waals surface area contributed by atoms with Crippen LogP contribution >= 0.6 is 0 Å². The Bertz CT molecular complexity index is 323. The quantitative estimate of drug-likeness (QED) is 0.656. The Labute approximate surface area is 78.5 Å². The molecule has 0 aliphatic heterocycles. The maximum atomic E-state index is 5.29. The topological polar surface area (TPSA) is 18.5 Å². The van der Waals surface area contributed by atoms with E-state index >= 15 is 0 Å². The van der Waals surface area contributed by atoms with E-state index in [9.17, 15) is 0 Å². The number of ether oxygens (including phenoxy) is 2. The van der Waals surface area contributed by atoms with Gasteiger partial charge in [-0.3, -0.25) is 0 Å². The number of hydrogen-bond donors (Lipinski definition) is 0. The van der Waals surface area contributed by atoms with Crippen molar-refractivity contribution < 1.29 is 9.47 Å². The van der Waals surface area contributed by atoms with Gasteiger partial charge in [0.1, 0.15) is 18.1 Å². The van der Waals surface area contributed by atoms with E-state index in [1.54, 1.807) is 7.11 Å². The van der Waals surface area contributed by atoms with Crippen LogP contribution in [-0.2, 0) is 0 Å². The lowest BCUT2D eigenvalue weighted by atomic mass is 10.2. The lowest BCUT2D eigenvalue weighted by Gasteiger charge is -2.07. The summed E-state index contributed by atoms with van der Waals surface area (Å²) < 4.78 is 10.4. The van der Waals surface area contributed by atoms with Crippen molar-refractivity contribution in [3.05, 3.63) is 23.8 Å². The number of benzene rings is 1. The molecule has 1 aromatic rings. The molecule has 0 unspecified atom stereocenters. The van der Waals surface area contributed by atoms with Crippen LogP contribution in [0.2, 0.25) is 0 Å². The van der Waals surface area contributed by atoms with Gasteiger partial charge in [-0.05, 0) is 30.7 Å². The molecule has 1 aromatic carbocycles. The second-order valence-corrected chi connectivity index (χ2v) is 2.62. The predicted octanol–water partition coefficient (Wildman–Crippen LogP) is 2.02. The summed E-state index contributed by atoms with van der Waals surface area (Å²) in [6.45, 7) is 2.25. The highest BCUT2D eigenvalue weighted by atomic mass is 16.5. The summed E-state index contributed by atoms with van der Waals surface area (Å²) >= 11 is 0. The van der Waals surface area contributed by atoms with Crippen LogP contribution in [0.25, 0.3) is 0 Å². The summed E-state index contributed by atoms with van der Waals surface area (Å²) in [5.74, 6) is 4.05. The van der Waals surface area contributed by atoms with E-state index in [1.807, 2.05) is 25.1 Å². The molecule has 0 amide bonds. The zero-order valence-corrected chi connectivity index (χ0v) is 7.83. The molecular weight excluding hydrogens is 164 g/mol. The van der Waals surface area contributed by atoms with E-state index in [0.29, 0.717) is 6.61 Å². The molecule has 0 saturated carbocycles. The van der Waals surface area contributed by atoms with E-state index < -0.39 is 0 Å². The summed E-state index contributed by atoms with van der Waals surface area (Å²) in [6, 6.07) is 5.61. The Morgan fingerprint density at radius 1 is 1.46 bits per heavy atom. The van der Waals surface area contributed by atoms with E-state index in [-0.39, 0.29) is 0 Å². The number of hydrogen-bond acceptors (Lipinski definition) is 2. The monoisotopic (exact) mass is 176 g/mol. The molecule has 0 atom stereocenters. The van der Waals surface area contributed by atoms with Crippen LogP contribution in [0.4, 0.5) is 0 Å². The second-order valence-electron chi connectivity index (χ2n) is 2.62. The largest absolute Gasteiger partial charge is 0.497 e.